The van der Waals surface area contributed by atoms with Gasteiger partial charge in [-0.3, -0.25) is 23.7 Å². The largest absolute Gasteiger partial charge is 0.395 e. The van der Waals surface area contributed by atoms with Gasteiger partial charge in [-0.15, -0.1) is 0 Å². The maximum atomic E-state index is 11.9. The summed E-state index contributed by atoms with van der Waals surface area (Å²) >= 11 is 0. The Morgan fingerprint density at radius 3 is 2.25 bits per heavy atom. The highest BCUT2D eigenvalue weighted by molar-refractivity contribution is 5.02. The number of rotatable bonds is 4. The molecule has 1 aliphatic heterocycles. The Morgan fingerprint density at radius 2 is 1.65 bits per heavy atom. The quantitative estimate of drug-likeness (QED) is 0.705. The molecule has 112 valence electrons. The van der Waals surface area contributed by atoms with Crippen LogP contribution in [0.25, 0.3) is 0 Å². The van der Waals surface area contributed by atoms with Gasteiger partial charge in [0, 0.05) is 65.1 Å². The molecule has 0 atom stereocenters. The van der Waals surface area contributed by atoms with Crippen LogP contribution in [0.15, 0.2) is 15.7 Å². The second-order valence-electron chi connectivity index (χ2n) is 5.22. The lowest BCUT2D eigenvalue weighted by molar-refractivity contribution is 0.107. The molecular weight excluding hydrogens is 260 g/mol. The number of hydrogen-bond acceptors (Lipinski definition) is 5. The maximum Gasteiger partial charge on any atom is 0.330 e. The summed E-state index contributed by atoms with van der Waals surface area (Å²) in [5.74, 6) is 0. The first kappa shape index (κ1) is 15.0. The molecule has 0 bridgehead atoms. The molecule has 1 aliphatic rings. The van der Waals surface area contributed by atoms with E-state index in [1.54, 1.807) is 7.05 Å². The molecular formula is C13H22N4O3. The van der Waals surface area contributed by atoms with Crippen molar-refractivity contribution in [2.75, 3.05) is 39.3 Å². The fraction of sp³-hybridized carbons (Fsp3) is 0.692. The third-order valence-corrected chi connectivity index (χ3v) is 3.89. The van der Waals surface area contributed by atoms with E-state index in [0.717, 1.165) is 36.4 Å². The minimum Gasteiger partial charge on any atom is -0.395 e. The Kier molecular flexibility index (Phi) is 4.74. The van der Waals surface area contributed by atoms with Crippen LogP contribution in [0.2, 0.25) is 0 Å². The van der Waals surface area contributed by atoms with E-state index in [2.05, 4.69) is 9.80 Å². The van der Waals surface area contributed by atoms with E-state index in [9.17, 15) is 9.59 Å². The number of aromatic nitrogens is 2. The van der Waals surface area contributed by atoms with Crippen LogP contribution in [-0.4, -0.2) is 63.4 Å². The number of aliphatic hydroxyl groups excluding tert-OH is 1. The van der Waals surface area contributed by atoms with Gasteiger partial charge in [-0.2, -0.15) is 0 Å². The van der Waals surface area contributed by atoms with E-state index < -0.39 is 0 Å². The second kappa shape index (κ2) is 6.34. The predicted molar refractivity (Wildman–Crippen MR) is 75.7 cm³/mol. The van der Waals surface area contributed by atoms with Crippen molar-refractivity contribution in [3.63, 3.8) is 0 Å². The molecule has 1 fully saturated rings. The van der Waals surface area contributed by atoms with Gasteiger partial charge in [-0.1, -0.05) is 0 Å². The molecule has 7 nitrogen and oxygen atoms in total. The van der Waals surface area contributed by atoms with Crippen LogP contribution in [0.3, 0.4) is 0 Å². The van der Waals surface area contributed by atoms with Gasteiger partial charge in [0.15, 0.2) is 0 Å². The fourth-order valence-corrected chi connectivity index (χ4v) is 2.47. The number of hydrogen-bond donors (Lipinski definition) is 1. The third-order valence-electron chi connectivity index (χ3n) is 3.89. The fourth-order valence-electron chi connectivity index (χ4n) is 2.47. The van der Waals surface area contributed by atoms with Crippen LogP contribution in [0, 0.1) is 0 Å². The lowest BCUT2D eigenvalue weighted by Gasteiger charge is -2.34. The molecule has 1 saturated heterocycles. The zero-order valence-electron chi connectivity index (χ0n) is 12.1. The molecule has 1 aromatic rings. The van der Waals surface area contributed by atoms with Gasteiger partial charge in [0.2, 0.25) is 0 Å². The van der Waals surface area contributed by atoms with Gasteiger partial charge in [0.05, 0.1) is 6.61 Å². The van der Waals surface area contributed by atoms with Gasteiger partial charge in [-0.25, -0.2) is 4.79 Å². The molecule has 0 spiro atoms. The number of β-amino-alcohol motifs (C(OH)–C–C–N with tert-alkyl or cyclic N) is 1. The van der Waals surface area contributed by atoms with E-state index in [4.69, 9.17) is 5.11 Å². The summed E-state index contributed by atoms with van der Waals surface area (Å²) in [5.41, 5.74) is 0.196. The molecule has 1 aromatic heterocycles. The van der Waals surface area contributed by atoms with Crippen LogP contribution in [0.5, 0.6) is 0 Å². The molecule has 0 radical (unpaired) electrons. The summed E-state index contributed by atoms with van der Waals surface area (Å²) in [7, 11) is 3.18. The molecule has 2 heterocycles. The van der Waals surface area contributed by atoms with Crippen molar-refractivity contribution in [1.29, 1.82) is 0 Å². The number of aliphatic hydroxyl groups is 1. The SMILES string of the molecule is Cn1c(CN2CCN(CCO)CC2)cc(=O)n(C)c1=O. The van der Waals surface area contributed by atoms with E-state index in [-0.39, 0.29) is 17.9 Å². The average Bonchev–Trinajstić information content (AvgIpc) is 2.45. The van der Waals surface area contributed by atoms with Gasteiger partial charge >= 0.3 is 5.69 Å². The van der Waals surface area contributed by atoms with Gasteiger partial charge in [0.25, 0.3) is 5.56 Å². The Bertz CT molecular complexity index is 570. The topological polar surface area (TPSA) is 70.7 Å². The third kappa shape index (κ3) is 3.17. The van der Waals surface area contributed by atoms with Crippen molar-refractivity contribution in [2.45, 2.75) is 6.54 Å². The molecule has 2 rings (SSSR count). The highest BCUT2D eigenvalue weighted by Gasteiger charge is 2.17. The summed E-state index contributed by atoms with van der Waals surface area (Å²) in [4.78, 5) is 28.0. The molecule has 20 heavy (non-hydrogen) atoms. The number of piperazine rings is 1. The first-order valence-electron chi connectivity index (χ1n) is 6.84. The zero-order valence-corrected chi connectivity index (χ0v) is 12.1. The van der Waals surface area contributed by atoms with Crippen molar-refractivity contribution in [3.8, 4) is 0 Å². The van der Waals surface area contributed by atoms with Crippen molar-refractivity contribution < 1.29 is 5.11 Å². The van der Waals surface area contributed by atoms with Crippen LogP contribution >= 0.6 is 0 Å². The molecule has 7 heteroatoms. The normalized spacial score (nSPS) is 17.6. The molecule has 1 N–H and O–H groups in total. The first-order chi connectivity index (χ1) is 9.52. The van der Waals surface area contributed by atoms with Crippen molar-refractivity contribution in [3.05, 3.63) is 32.6 Å². The average molecular weight is 282 g/mol. The smallest absolute Gasteiger partial charge is 0.330 e. The Labute approximate surface area is 117 Å². The highest BCUT2D eigenvalue weighted by atomic mass is 16.3. The van der Waals surface area contributed by atoms with Crippen molar-refractivity contribution in [1.82, 2.24) is 18.9 Å². The lowest BCUT2D eigenvalue weighted by Crippen LogP contribution is -2.47. The van der Waals surface area contributed by atoms with E-state index in [0.29, 0.717) is 13.1 Å². The standard InChI is InChI=1S/C13H22N4O3/c1-14-11(9-12(19)15(2)13(14)20)10-17-5-3-16(4-6-17)7-8-18/h9,18H,3-8,10H2,1-2H3. The van der Waals surface area contributed by atoms with Crippen molar-refractivity contribution >= 4 is 0 Å². The minimum atomic E-state index is -0.286. The zero-order chi connectivity index (χ0) is 14.7. The summed E-state index contributed by atoms with van der Waals surface area (Å²) < 4.78 is 2.64. The molecule has 0 aliphatic carbocycles. The Morgan fingerprint density at radius 1 is 1.05 bits per heavy atom. The van der Waals surface area contributed by atoms with Crippen LogP contribution in [0.1, 0.15) is 5.69 Å². The molecule has 0 aromatic carbocycles. The second-order valence-corrected chi connectivity index (χ2v) is 5.22. The predicted octanol–water partition coefficient (Wildman–Crippen LogP) is -1.81. The Balaban J connectivity index is 2.05. The van der Waals surface area contributed by atoms with E-state index in [1.807, 2.05) is 0 Å². The monoisotopic (exact) mass is 282 g/mol. The number of nitrogens with zero attached hydrogens (tertiary/aromatic N) is 4. The maximum absolute atomic E-state index is 11.9. The van der Waals surface area contributed by atoms with Gasteiger partial charge in [-0.05, 0) is 0 Å². The minimum absolute atomic E-state index is 0.184. The summed E-state index contributed by atoms with van der Waals surface area (Å²) in [6.45, 7) is 5.06. The summed E-state index contributed by atoms with van der Waals surface area (Å²) in [6, 6.07) is 1.53. The van der Waals surface area contributed by atoms with Crippen molar-refractivity contribution in [2.24, 2.45) is 14.1 Å². The van der Waals surface area contributed by atoms with E-state index in [1.165, 1.54) is 17.7 Å². The van der Waals surface area contributed by atoms with Crippen LogP contribution in [0.4, 0.5) is 0 Å². The first-order valence-corrected chi connectivity index (χ1v) is 6.84. The lowest BCUT2D eigenvalue weighted by atomic mass is 10.2. The van der Waals surface area contributed by atoms with E-state index >= 15 is 0 Å². The van der Waals surface area contributed by atoms with Gasteiger partial charge in [0.1, 0.15) is 0 Å². The van der Waals surface area contributed by atoms with Crippen LogP contribution in [-0.2, 0) is 20.6 Å². The molecule has 0 amide bonds. The van der Waals surface area contributed by atoms with Crippen LogP contribution < -0.4 is 11.2 Å². The molecule has 0 saturated carbocycles. The Hall–Kier alpha value is -1.44. The summed E-state index contributed by atoms with van der Waals surface area (Å²) in [6.07, 6.45) is 0. The summed E-state index contributed by atoms with van der Waals surface area (Å²) in [5, 5.41) is 8.91. The molecule has 0 unspecified atom stereocenters. The highest BCUT2D eigenvalue weighted by Crippen LogP contribution is 2.05. The van der Waals surface area contributed by atoms with Gasteiger partial charge < -0.3 is 5.11 Å².